The maximum absolute atomic E-state index is 14.2. The summed E-state index contributed by atoms with van der Waals surface area (Å²) in [5, 5.41) is 6.69. The van der Waals surface area contributed by atoms with E-state index in [0.717, 1.165) is 28.5 Å². The zero-order valence-corrected chi connectivity index (χ0v) is 20.9. The molecule has 4 N–H and O–H groups in total. The third-order valence-corrected chi connectivity index (χ3v) is 7.23. The van der Waals surface area contributed by atoms with Gasteiger partial charge in [-0.3, -0.25) is 9.59 Å². The van der Waals surface area contributed by atoms with E-state index in [0.29, 0.717) is 36.1 Å². The first kappa shape index (κ1) is 25.0. The summed E-state index contributed by atoms with van der Waals surface area (Å²) in [7, 11) is 0. The second-order valence-corrected chi connectivity index (χ2v) is 9.72. The minimum Gasteiger partial charge on any atom is -0.464 e. The number of fused-ring (bicyclic) bond motifs is 1. The van der Waals surface area contributed by atoms with Crippen LogP contribution in [0.1, 0.15) is 40.7 Å². The minimum absolute atomic E-state index is 0.0152. The van der Waals surface area contributed by atoms with Crippen molar-refractivity contribution in [2.45, 2.75) is 38.4 Å². The summed E-state index contributed by atoms with van der Waals surface area (Å²) in [4.78, 5) is 26.3. The third-order valence-electron chi connectivity index (χ3n) is 6.94. The van der Waals surface area contributed by atoms with E-state index >= 15 is 0 Å². The first-order valence-corrected chi connectivity index (χ1v) is 12.6. The molecular formula is C29H27ClFN3O3. The number of nitrogens with one attached hydrogen (secondary N) is 2. The summed E-state index contributed by atoms with van der Waals surface area (Å²) < 4.78 is 19.9. The van der Waals surface area contributed by atoms with E-state index in [-0.39, 0.29) is 29.4 Å². The molecule has 8 heteroatoms. The predicted molar refractivity (Wildman–Crippen MR) is 141 cm³/mol. The fraction of sp³-hybridized carbons (Fsp3) is 0.241. The van der Waals surface area contributed by atoms with Crippen LogP contribution < -0.4 is 16.4 Å². The summed E-state index contributed by atoms with van der Waals surface area (Å²) >= 11 is 5.84. The van der Waals surface area contributed by atoms with Gasteiger partial charge >= 0.3 is 0 Å². The van der Waals surface area contributed by atoms with Crippen LogP contribution in [0.4, 0.5) is 4.39 Å². The molecule has 1 aliphatic carbocycles. The maximum atomic E-state index is 14.2. The normalized spacial score (nSPS) is 17.2. The van der Waals surface area contributed by atoms with Gasteiger partial charge < -0.3 is 20.8 Å². The van der Waals surface area contributed by atoms with Crippen LogP contribution in [-0.4, -0.2) is 17.9 Å². The number of hydrogen-bond acceptors (Lipinski definition) is 4. The Morgan fingerprint density at radius 2 is 1.92 bits per heavy atom. The smallest absolute Gasteiger partial charge is 0.251 e. The Labute approximate surface area is 219 Å². The highest BCUT2D eigenvalue weighted by Crippen LogP contribution is 2.32. The van der Waals surface area contributed by atoms with Gasteiger partial charge in [-0.2, -0.15) is 0 Å². The lowest BCUT2D eigenvalue weighted by atomic mass is 9.97. The number of halogens is 2. The van der Waals surface area contributed by atoms with Crippen molar-refractivity contribution in [3.05, 3.63) is 94.5 Å². The van der Waals surface area contributed by atoms with Crippen molar-refractivity contribution in [1.82, 2.24) is 10.6 Å². The van der Waals surface area contributed by atoms with Crippen LogP contribution >= 0.6 is 11.6 Å². The molecule has 1 fully saturated rings. The Bertz CT molecular complexity index is 1470. The van der Waals surface area contributed by atoms with E-state index in [1.807, 2.05) is 36.4 Å². The van der Waals surface area contributed by atoms with Crippen molar-refractivity contribution in [3.8, 4) is 11.1 Å². The van der Waals surface area contributed by atoms with Gasteiger partial charge in [0.1, 0.15) is 11.4 Å². The van der Waals surface area contributed by atoms with E-state index in [4.69, 9.17) is 21.8 Å². The highest BCUT2D eigenvalue weighted by Gasteiger charge is 2.34. The zero-order valence-electron chi connectivity index (χ0n) is 20.1. The van der Waals surface area contributed by atoms with Gasteiger partial charge in [0.25, 0.3) is 5.91 Å². The average molecular weight is 520 g/mol. The van der Waals surface area contributed by atoms with Gasteiger partial charge in [-0.15, -0.1) is 0 Å². The van der Waals surface area contributed by atoms with E-state index in [1.165, 1.54) is 6.07 Å². The monoisotopic (exact) mass is 519 g/mol. The van der Waals surface area contributed by atoms with Crippen LogP contribution in [0, 0.1) is 11.7 Å². The van der Waals surface area contributed by atoms with Crippen molar-refractivity contribution in [3.63, 3.8) is 0 Å². The second-order valence-electron chi connectivity index (χ2n) is 9.32. The van der Waals surface area contributed by atoms with E-state index in [2.05, 4.69) is 10.6 Å². The van der Waals surface area contributed by atoms with Crippen LogP contribution in [0.5, 0.6) is 0 Å². The number of carbonyl (C=O) groups excluding carboxylic acids is 2. The van der Waals surface area contributed by atoms with Gasteiger partial charge in [0.05, 0.1) is 17.2 Å². The molecule has 1 aliphatic rings. The number of carbonyl (C=O) groups is 2. The Balaban J connectivity index is 1.33. The molecule has 0 bridgehead atoms. The molecule has 0 saturated heterocycles. The average Bonchev–Trinajstić information content (AvgIpc) is 3.58. The van der Waals surface area contributed by atoms with Crippen LogP contribution in [0.25, 0.3) is 22.1 Å². The van der Waals surface area contributed by atoms with Gasteiger partial charge in [-0.1, -0.05) is 48.4 Å². The minimum atomic E-state index is -0.539. The van der Waals surface area contributed by atoms with Crippen LogP contribution in [0.2, 0.25) is 5.02 Å². The summed E-state index contributed by atoms with van der Waals surface area (Å²) in [6.07, 6.45) is 3.75. The Hall–Kier alpha value is -3.68. The van der Waals surface area contributed by atoms with E-state index < -0.39 is 11.7 Å². The summed E-state index contributed by atoms with van der Waals surface area (Å²) in [5.74, 6) is -1.41. The van der Waals surface area contributed by atoms with E-state index in [1.54, 1.807) is 24.5 Å². The molecule has 4 aromatic rings. The molecule has 190 valence electrons. The highest BCUT2D eigenvalue weighted by atomic mass is 35.5. The third kappa shape index (κ3) is 5.24. The standard InChI is InChI=1S/C29H27ClFN3O3/c30-24-8-2-6-20(26(24)31)16-33-29(36)22-7-3-9-25(22)34-28(35)21-13-19-10-11-37-27(19)23(14-21)18-5-1-4-17(12-18)15-32/h1-2,4-6,8,10-14,22,25H,3,7,9,15-16,32H2,(H,33,36)(H,34,35)/t22-,25-/m0/s1. The number of amides is 2. The Morgan fingerprint density at radius 3 is 2.76 bits per heavy atom. The molecule has 1 saturated carbocycles. The van der Waals surface area contributed by atoms with Crippen molar-refractivity contribution < 1.29 is 18.4 Å². The van der Waals surface area contributed by atoms with E-state index in [9.17, 15) is 14.0 Å². The number of rotatable bonds is 7. The Kier molecular flexibility index (Phi) is 7.26. The zero-order chi connectivity index (χ0) is 25.9. The van der Waals surface area contributed by atoms with Gasteiger partial charge in [0, 0.05) is 41.2 Å². The molecule has 37 heavy (non-hydrogen) atoms. The molecule has 0 unspecified atom stereocenters. The molecule has 0 aliphatic heterocycles. The largest absolute Gasteiger partial charge is 0.464 e. The first-order chi connectivity index (χ1) is 17.9. The fourth-order valence-electron chi connectivity index (χ4n) is 4.99. The summed E-state index contributed by atoms with van der Waals surface area (Å²) in [5.41, 5.74) is 9.99. The lowest BCUT2D eigenvalue weighted by Crippen LogP contribution is -2.43. The number of hydrogen-bond donors (Lipinski definition) is 3. The maximum Gasteiger partial charge on any atom is 0.251 e. The van der Waals surface area contributed by atoms with Gasteiger partial charge in [-0.25, -0.2) is 4.39 Å². The Morgan fingerprint density at radius 1 is 1.08 bits per heavy atom. The highest BCUT2D eigenvalue weighted by molar-refractivity contribution is 6.30. The van der Waals surface area contributed by atoms with Gasteiger partial charge in [0.15, 0.2) is 0 Å². The SMILES string of the molecule is NCc1cccc(-c2cc(C(=O)N[C@H]3CCC[C@@H]3C(=O)NCc3cccc(Cl)c3F)cc3ccoc23)c1. The quantitative estimate of drug-likeness (QED) is 0.297. The number of benzene rings is 3. The predicted octanol–water partition coefficient (Wildman–Crippen LogP) is 5.57. The van der Waals surface area contributed by atoms with Gasteiger partial charge in [0.2, 0.25) is 5.91 Å². The molecule has 2 amide bonds. The lowest BCUT2D eigenvalue weighted by molar-refractivity contribution is -0.125. The summed E-state index contributed by atoms with van der Waals surface area (Å²) in [6.45, 7) is 0.440. The molecule has 1 heterocycles. The van der Waals surface area contributed by atoms with Gasteiger partial charge in [-0.05, 0) is 54.3 Å². The molecular weight excluding hydrogens is 493 g/mol. The fourth-order valence-corrected chi connectivity index (χ4v) is 5.18. The lowest BCUT2D eigenvalue weighted by Gasteiger charge is -2.21. The molecule has 0 spiro atoms. The van der Waals surface area contributed by atoms with Crippen LogP contribution in [0.3, 0.4) is 0 Å². The molecule has 2 atom stereocenters. The van der Waals surface area contributed by atoms with Crippen LogP contribution in [0.15, 0.2) is 71.3 Å². The van der Waals surface area contributed by atoms with Crippen molar-refractivity contribution in [2.75, 3.05) is 0 Å². The molecule has 0 radical (unpaired) electrons. The molecule has 1 aromatic heterocycles. The van der Waals surface area contributed by atoms with Crippen molar-refractivity contribution >= 4 is 34.4 Å². The number of furan rings is 1. The van der Waals surface area contributed by atoms with Crippen molar-refractivity contribution in [1.29, 1.82) is 0 Å². The first-order valence-electron chi connectivity index (χ1n) is 12.3. The van der Waals surface area contributed by atoms with Crippen LogP contribution in [-0.2, 0) is 17.9 Å². The van der Waals surface area contributed by atoms with Crippen molar-refractivity contribution in [2.24, 2.45) is 11.7 Å². The second kappa shape index (κ2) is 10.7. The molecule has 5 rings (SSSR count). The topological polar surface area (TPSA) is 97.4 Å². The summed E-state index contributed by atoms with van der Waals surface area (Å²) in [6, 6.07) is 17.6. The number of nitrogens with two attached hydrogens (primary N) is 1. The molecule has 3 aromatic carbocycles. The molecule has 6 nitrogen and oxygen atoms in total.